The van der Waals surface area contributed by atoms with Crippen LogP contribution >= 0.6 is 11.8 Å². The average Bonchev–Trinajstić information content (AvgIpc) is 3.06. The maximum atomic E-state index is 12.2. The number of aliphatic hydroxyl groups excluding tert-OH is 1. The second kappa shape index (κ2) is 14.8. The molecule has 5 rings (SSSR count). The van der Waals surface area contributed by atoms with Crippen molar-refractivity contribution in [1.82, 2.24) is 5.32 Å². The van der Waals surface area contributed by atoms with Crippen molar-refractivity contribution < 1.29 is 28.8 Å². The number of aromatic nitrogens is 1. The normalized spacial score (nSPS) is 18.1. The van der Waals surface area contributed by atoms with Crippen molar-refractivity contribution >= 4 is 17.9 Å². The predicted molar refractivity (Wildman–Crippen MR) is 165 cm³/mol. The van der Waals surface area contributed by atoms with Crippen molar-refractivity contribution in [3.63, 3.8) is 0 Å². The van der Waals surface area contributed by atoms with Crippen LogP contribution in [0.4, 0.5) is 4.79 Å². The summed E-state index contributed by atoms with van der Waals surface area (Å²) in [5.74, 6) is 0.585. The predicted octanol–water partition coefficient (Wildman–Crippen LogP) is 6.23. The second-order valence-corrected chi connectivity index (χ2v) is 11.1. The number of benzene rings is 3. The highest BCUT2D eigenvalue weighted by Crippen LogP contribution is 2.40. The number of carbonyl (C=O) groups excluding carboxylic acids is 1. The van der Waals surface area contributed by atoms with Crippen molar-refractivity contribution in [2.75, 3.05) is 12.4 Å². The van der Waals surface area contributed by atoms with E-state index in [9.17, 15) is 15.1 Å². The van der Waals surface area contributed by atoms with E-state index in [1.807, 2.05) is 72.8 Å². The van der Waals surface area contributed by atoms with Gasteiger partial charge in [0.1, 0.15) is 6.61 Å². The van der Waals surface area contributed by atoms with Crippen LogP contribution in [-0.2, 0) is 27.4 Å². The lowest BCUT2D eigenvalue weighted by Crippen LogP contribution is -2.32. The Kier molecular flexibility index (Phi) is 10.5. The number of nitrogens with one attached hydrogen (secondary N) is 1. The van der Waals surface area contributed by atoms with Crippen molar-refractivity contribution in [2.24, 2.45) is 0 Å². The average molecular weight is 599 g/mol. The van der Waals surface area contributed by atoms with Crippen LogP contribution in [0.15, 0.2) is 115 Å². The Morgan fingerprint density at radius 1 is 1.00 bits per heavy atom. The maximum absolute atomic E-state index is 12.2. The summed E-state index contributed by atoms with van der Waals surface area (Å²) in [6, 6.07) is 29.1. The van der Waals surface area contributed by atoms with Gasteiger partial charge < -0.3 is 29.8 Å². The van der Waals surface area contributed by atoms with Crippen LogP contribution in [-0.4, -0.2) is 29.7 Å². The molecule has 43 heavy (non-hydrogen) atoms. The molecule has 1 amide bonds. The smallest absolute Gasteiger partial charge is 0.407 e. The Hall–Kier alpha value is -4.15. The highest BCUT2D eigenvalue weighted by Gasteiger charge is 2.33. The molecule has 4 aromatic rings. The van der Waals surface area contributed by atoms with Crippen molar-refractivity contribution in [1.29, 1.82) is 0 Å². The Labute approximate surface area is 255 Å². The summed E-state index contributed by atoms with van der Waals surface area (Å²) in [5.41, 5.74) is 5.62. The molecular formula is C34H34N2O6S. The molecule has 1 aromatic heterocycles. The Morgan fingerprint density at radius 3 is 2.56 bits per heavy atom. The van der Waals surface area contributed by atoms with Gasteiger partial charge in [0, 0.05) is 36.4 Å². The number of alkyl carbamates (subject to hydrolysis) is 1. The van der Waals surface area contributed by atoms with Gasteiger partial charge in [0.2, 0.25) is 0 Å². The monoisotopic (exact) mass is 598 g/mol. The summed E-state index contributed by atoms with van der Waals surface area (Å²) in [4.78, 5) is 11.8. The third-order valence-electron chi connectivity index (χ3n) is 7.01. The molecule has 3 atom stereocenters. The fourth-order valence-corrected chi connectivity index (χ4v) is 5.75. The van der Waals surface area contributed by atoms with Gasteiger partial charge in [-0.05, 0) is 46.0 Å². The molecule has 0 radical (unpaired) electrons. The Morgan fingerprint density at radius 2 is 1.79 bits per heavy atom. The van der Waals surface area contributed by atoms with E-state index in [1.165, 1.54) is 24.0 Å². The van der Waals surface area contributed by atoms with Crippen LogP contribution in [0.25, 0.3) is 11.1 Å². The van der Waals surface area contributed by atoms with Crippen LogP contribution in [0.2, 0.25) is 0 Å². The highest BCUT2D eigenvalue weighted by atomic mass is 32.2. The van der Waals surface area contributed by atoms with E-state index in [-0.39, 0.29) is 25.4 Å². The van der Waals surface area contributed by atoms with Crippen LogP contribution in [0.3, 0.4) is 0 Å². The molecule has 0 saturated carbocycles. The molecule has 9 heteroatoms. The molecule has 1 aliphatic rings. The van der Waals surface area contributed by atoms with Gasteiger partial charge in [0.15, 0.2) is 12.5 Å². The summed E-state index contributed by atoms with van der Waals surface area (Å²) in [5, 5.41) is 25.1. The third-order valence-corrected chi connectivity index (χ3v) is 8.16. The van der Waals surface area contributed by atoms with Gasteiger partial charge in [0.05, 0.1) is 18.8 Å². The first-order valence-electron chi connectivity index (χ1n) is 14.0. The first-order valence-corrected chi connectivity index (χ1v) is 15.0. The zero-order chi connectivity index (χ0) is 30.0. The summed E-state index contributed by atoms with van der Waals surface area (Å²) >= 11 is 1.46. The number of hydrogen-bond acceptors (Lipinski definition) is 7. The standard InChI is InChI=1S/C34H34N2O6S/c1-2-17-40-34(38)35-21-25-7-5-8-27(18-25)28-9-6-10-29(19-28)33-41-30(23-43-32-11-3-4-16-36(32)39)20-31(42-33)26-14-12-24(22-37)13-15-26/h2-16,18-19,30-31,33,37H,1,17,20-23H2,(H,35,38)/t30-,31+,33+/m1/s1. The molecule has 2 N–H and O–H groups in total. The Balaban J connectivity index is 1.35. The maximum Gasteiger partial charge on any atom is 0.407 e. The van der Waals surface area contributed by atoms with Crippen LogP contribution in [0, 0.1) is 5.21 Å². The van der Waals surface area contributed by atoms with Crippen molar-refractivity contribution in [3.05, 3.63) is 137 Å². The van der Waals surface area contributed by atoms with E-state index in [0.717, 1.165) is 38.1 Å². The first kappa shape index (κ1) is 30.3. The molecule has 1 saturated heterocycles. The largest absolute Gasteiger partial charge is 0.618 e. The minimum Gasteiger partial charge on any atom is -0.618 e. The SMILES string of the molecule is C=CCOC(=O)NCc1cccc(-c2cccc([C@H]3O[C@@H](CSc4cccc[n+]4[O-])C[C@@H](c4ccc(CO)cc4)O3)c2)c1. The van der Waals surface area contributed by atoms with Crippen LogP contribution < -0.4 is 10.0 Å². The number of carbonyl (C=O) groups is 1. The van der Waals surface area contributed by atoms with Gasteiger partial charge in [-0.15, -0.1) is 0 Å². The minimum absolute atomic E-state index is 0.0213. The number of aliphatic hydroxyl groups is 1. The van der Waals surface area contributed by atoms with E-state index in [2.05, 4.69) is 18.0 Å². The third kappa shape index (κ3) is 8.24. The quantitative estimate of drug-likeness (QED) is 0.0913. The molecule has 0 unspecified atom stereocenters. The number of hydrogen-bond donors (Lipinski definition) is 2. The van der Waals surface area contributed by atoms with E-state index in [0.29, 0.717) is 23.7 Å². The van der Waals surface area contributed by atoms with E-state index >= 15 is 0 Å². The van der Waals surface area contributed by atoms with Gasteiger partial charge in [0.25, 0.3) is 5.03 Å². The number of rotatable bonds is 11. The zero-order valence-corrected chi connectivity index (χ0v) is 24.5. The molecule has 1 fully saturated rings. The fraction of sp³-hybridized carbons (Fsp3) is 0.235. The van der Waals surface area contributed by atoms with Gasteiger partial charge in [-0.3, -0.25) is 0 Å². The van der Waals surface area contributed by atoms with E-state index in [1.54, 1.807) is 12.1 Å². The van der Waals surface area contributed by atoms with Crippen molar-refractivity contribution in [2.45, 2.75) is 43.1 Å². The molecule has 0 aliphatic carbocycles. The summed E-state index contributed by atoms with van der Waals surface area (Å²) in [6.07, 6.45) is 2.11. The topological polar surface area (TPSA) is 104 Å². The van der Waals surface area contributed by atoms with Gasteiger partial charge >= 0.3 is 6.09 Å². The molecule has 8 nitrogen and oxygen atoms in total. The summed E-state index contributed by atoms with van der Waals surface area (Å²) < 4.78 is 18.9. The van der Waals surface area contributed by atoms with Crippen LogP contribution in [0.1, 0.15) is 41.1 Å². The molecule has 0 spiro atoms. The summed E-state index contributed by atoms with van der Waals surface area (Å²) in [7, 11) is 0. The lowest BCUT2D eigenvalue weighted by Gasteiger charge is -2.36. The molecule has 1 aliphatic heterocycles. The fourth-order valence-electron chi connectivity index (χ4n) is 4.81. The number of amides is 1. The summed E-state index contributed by atoms with van der Waals surface area (Å²) in [6.45, 7) is 4.01. The number of pyridine rings is 1. The van der Waals surface area contributed by atoms with Gasteiger partial charge in [-0.2, -0.15) is 4.73 Å². The Bertz CT molecular complexity index is 1530. The molecular weight excluding hydrogens is 564 g/mol. The minimum atomic E-state index is -0.624. The van der Waals surface area contributed by atoms with Crippen molar-refractivity contribution in [3.8, 4) is 11.1 Å². The number of ether oxygens (including phenoxy) is 3. The zero-order valence-electron chi connectivity index (χ0n) is 23.6. The van der Waals surface area contributed by atoms with E-state index < -0.39 is 12.4 Å². The molecule has 2 heterocycles. The lowest BCUT2D eigenvalue weighted by atomic mass is 9.99. The number of nitrogens with zero attached hydrogens (tertiary/aromatic N) is 1. The molecule has 0 bridgehead atoms. The van der Waals surface area contributed by atoms with Gasteiger partial charge in [-0.25, -0.2) is 4.79 Å². The first-order chi connectivity index (χ1) is 21.0. The highest BCUT2D eigenvalue weighted by molar-refractivity contribution is 7.99. The molecule has 3 aromatic carbocycles. The lowest BCUT2D eigenvalue weighted by molar-refractivity contribution is -0.645. The number of thioether (sulfide) groups is 1. The van der Waals surface area contributed by atoms with Crippen LogP contribution in [0.5, 0.6) is 0 Å². The van der Waals surface area contributed by atoms with Gasteiger partial charge in [-0.1, -0.05) is 85.1 Å². The molecule has 222 valence electrons. The van der Waals surface area contributed by atoms with E-state index in [4.69, 9.17) is 14.2 Å². The second-order valence-electron chi connectivity index (χ2n) is 10.1.